The molecule has 0 bridgehead atoms. The average molecular weight is 216 g/mol. The van der Waals surface area contributed by atoms with Crippen molar-refractivity contribution < 1.29 is 0 Å². The molecular weight excluding hydrogens is 196 g/mol. The second-order valence-electron chi connectivity index (χ2n) is 5.48. The molecule has 0 spiro atoms. The van der Waals surface area contributed by atoms with Gasteiger partial charge in [0.1, 0.15) is 5.82 Å². The molecule has 0 aliphatic heterocycles. The highest BCUT2D eigenvalue weighted by Gasteiger charge is 2.32. The van der Waals surface area contributed by atoms with Crippen molar-refractivity contribution in [1.82, 2.24) is 9.55 Å². The van der Waals surface area contributed by atoms with Gasteiger partial charge < -0.3 is 4.57 Å². The molecule has 1 heterocycles. The standard InChI is InChI=1S/C14H20N2/c1-6-11-12(14(3,4)5)15-13(10-8-9-10)16(11)7-2/h6-7,10H,1-2,8-9H2,3-5H3. The fourth-order valence-electron chi connectivity index (χ4n) is 2.03. The smallest absolute Gasteiger partial charge is 0.116 e. The van der Waals surface area contributed by atoms with Crippen LogP contribution in [0.3, 0.4) is 0 Å². The normalized spacial score (nSPS) is 16.2. The summed E-state index contributed by atoms with van der Waals surface area (Å²) >= 11 is 0. The summed E-state index contributed by atoms with van der Waals surface area (Å²) in [6.45, 7) is 14.3. The lowest BCUT2D eigenvalue weighted by Crippen LogP contribution is -2.13. The van der Waals surface area contributed by atoms with Crippen LogP contribution in [0.15, 0.2) is 13.2 Å². The van der Waals surface area contributed by atoms with Crippen molar-refractivity contribution in [1.29, 1.82) is 0 Å². The van der Waals surface area contributed by atoms with Gasteiger partial charge in [0.25, 0.3) is 0 Å². The molecule has 0 saturated heterocycles. The van der Waals surface area contributed by atoms with Gasteiger partial charge in [-0.15, -0.1) is 0 Å². The predicted molar refractivity (Wildman–Crippen MR) is 69.4 cm³/mol. The second kappa shape index (κ2) is 3.62. The number of hydrogen-bond acceptors (Lipinski definition) is 1. The fraction of sp³-hybridized carbons (Fsp3) is 0.500. The lowest BCUT2D eigenvalue weighted by molar-refractivity contribution is 0.569. The molecule has 0 atom stereocenters. The molecule has 0 amide bonds. The van der Waals surface area contributed by atoms with Crippen molar-refractivity contribution in [3.8, 4) is 0 Å². The first-order valence-corrected chi connectivity index (χ1v) is 5.86. The Morgan fingerprint density at radius 1 is 1.31 bits per heavy atom. The van der Waals surface area contributed by atoms with Crippen LogP contribution in [0.25, 0.3) is 12.3 Å². The Bertz CT molecular complexity index is 428. The first kappa shape index (κ1) is 11.2. The van der Waals surface area contributed by atoms with Crippen molar-refractivity contribution in [2.45, 2.75) is 44.9 Å². The topological polar surface area (TPSA) is 17.8 Å². The minimum atomic E-state index is 0.0570. The molecule has 1 fully saturated rings. The number of aromatic nitrogens is 2. The summed E-state index contributed by atoms with van der Waals surface area (Å²) in [4.78, 5) is 4.81. The van der Waals surface area contributed by atoms with E-state index in [1.54, 1.807) is 0 Å². The second-order valence-corrected chi connectivity index (χ2v) is 5.48. The van der Waals surface area contributed by atoms with E-state index in [0.717, 1.165) is 17.2 Å². The van der Waals surface area contributed by atoms with E-state index < -0.39 is 0 Å². The van der Waals surface area contributed by atoms with Crippen LogP contribution >= 0.6 is 0 Å². The van der Waals surface area contributed by atoms with Gasteiger partial charge in [0.15, 0.2) is 0 Å². The number of hydrogen-bond donors (Lipinski definition) is 0. The van der Waals surface area contributed by atoms with Crippen LogP contribution in [0.5, 0.6) is 0 Å². The third-order valence-electron chi connectivity index (χ3n) is 3.00. The Balaban J connectivity index is 2.61. The lowest BCUT2D eigenvalue weighted by Gasteiger charge is -2.16. The summed E-state index contributed by atoms with van der Waals surface area (Å²) in [6, 6.07) is 0. The third-order valence-corrected chi connectivity index (χ3v) is 3.00. The first-order chi connectivity index (χ1) is 7.49. The molecule has 1 aliphatic carbocycles. The van der Waals surface area contributed by atoms with Gasteiger partial charge in [0.05, 0.1) is 11.4 Å². The van der Waals surface area contributed by atoms with Crippen LogP contribution in [-0.2, 0) is 5.41 Å². The van der Waals surface area contributed by atoms with Crippen molar-refractivity contribution in [2.24, 2.45) is 0 Å². The highest BCUT2D eigenvalue weighted by molar-refractivity contribution is 5.53. The van der Waals surface area contributed by atoms with Gasteiger partial charge in [-0.2, -0.15) is 0 Å². The lowest BCUT2D eigenvalue weighted by atomic mass is 9.90. The van der Waals surface area contributed by atoms with E-state index in [9.17, 15) is 0 Å². The Hall–Kier alpha value is -1.31. The molecule has 1 saturated carbocycles. The first-order valence-electron chi connectivity index (χ1n) is 5.86. The molecule has 2 rings (SSSR count). The SMILES string of the molecule is C=Cc1c(C(C)(C)C)nc(C2CC2)n1C=C. The zero-order valence-electron chi connectivity index (χ0n) is 10.5. The molecule has 1 aromatic rings. The summed E-state index contributed by atoms with van der Waals surface area (Å²) in [5, 5.41) is 0. The van der Waals surface area contributed by atoms with E-state index in [4.69, 9.17) is 4.98 Å². The van der Waals surface area contributed by atoms with Gasteiger partial charge >= 0.3 is 0 Å². The molecule has 0 aromatic carbocycles. The number of imidazole rings is 1. The van der Waals surface area contributed by atoms with E-state index in [0.29, 0.717) is 5.92 Å². The molecule has 2 nitrogen and oxygen atoms in total. The quantitative estimate of drug-likeness (QED) is 0.751. The molecule has 1 aliphatic rings. The third kappa shape index (κ3) is 1.73. The summed E-state index contributed by atoms with van der Waals surface area (Å²) in [6.07, 6.45) is 6.25. The molecular formula is C14H20N2. The van der Waals surface area contributed by atoms with Crippen molar-refractivity contribution in [3.63, 3.8) is 0 Å². The van der Waals surface area contributed by atoms with E-state index in [1.165, 1.54) is 12.8 Å². The number of nitrogens with zero attached hydrogens (tertiary/aromatic N) is 2. The highest BCUT2D eigenvalue weighted by Crippen LogP contribution is 2.41. The molecule has 0 unspecified atom stereocenters. The molecule has 2 heteroatoms. The van der Waals surface area contributed by atoms with Crippen LogP contribution in [0.1, 0.15) is 56.7 Å². The summed E-state index contributed by atoms with van der Waals surface area (Å²) in [5.41, 5.74) is 2.29. The van der Waals surface area contributed by atoms with Crippen LogP contribution in [0, 0.1) is 0 Å². The van der Waals surface area contributed by atoms with Gasteiger partial charge in [-0.1, -0.05) is 33.9 Å². The maximum absolute atomic E-state index is 4.81. The molecule has 16 heavy (non-hydrogen) atoms. The fourth-order valence-corrected chi connectivity index (χ4v) is 2.03. The van der Waals surface area contributed by atoms with Crippen molar-refractivity contribution >= 4 is 12.3 Å². The minimum absolute atomic E-state index is 0.0570. The maximum Gasteiger partial charge on any atom is 0.116 e. The van der Waals surface area contributed by atoms with Crippen molar-refractivity contribution in [3.05, 3.63) is 30.4 Å². The van der Waals surface area contributed by atoms with Crippen LogP contribution in [-0.4, -0.2) is 9.55 Å². The molecule has 0 N–H and O–H groups in total. The number of rotatable bonds is 3. The molecule has 1 aromatic heterocycles. The Morgan fingerprint density at radius 2 is 1.94 bits per heavy atom. The van der Waals surface area contributed by atoms with E-state index in [1.807, 2.05) is 12.3 Å². The average Bonchev–Trinajstić information content (AvgIpc) is 2.96. The largest absolute Gasteiger partial charge is 0.304 e. The summed E-state index contributed by atoms with van der Waals surface area (Å²) in [7, 11) is 0. The Morgan fingerprint density at radius 3 is 2.31 bits per heavy atom. The van der Waals surface area contributed by atoms with Crippen LogP contribution < -0.4 is 0 Å². The Labute approximate surface area is 97.7 Å². The summed E-state index contributed by atoms with van der Waals surface area (Å²) < 4.78 is 2.10. The Kier molecular flexibility index (Phi) is 2.53. The van der Waals surface area contributed by atoms with Gasteiger partial charge in [-0.3, -0.25) is 0 Å². The maximum atomic E-state index is 4.81. The van der Waals surface area contributed by atoms with Crippen molar-refractivity contribution in [2.75, 3.05) is 0 Å². The monoisotopic (exact) mass is 216 g/mol. The minimum Gasteiger partial charge on any atom is -0.304 e. The zero-order valence-corrected chi connectivity index (χ0v) is 10.5. The molecule has 0 radical (unpaired) electrons. The molecule has 86 valence electrons. The van der Waals surface area contributed by atoms with Crippen LogP contribution in [0.4, 0.5) is 0 Å². The van der Waals surface area contributed by atoms with Gasteiger partial charge in [-0.05, 0) is 18.9 Å². The van der Waals surface area contributed by atoms with E-state index in [2.05, 4.69) is 38.5 Å². The van der Waals surface area contributed by atoms with E-state index >= 15 is 0 Å². The van der Waals surface area contributed by atoms with Crippen LogP contribution in [0.2, 0.25) is 0 Å². The van der Waals surface area contributed by atoms with E-state index in [-0.39, 0.29) is 5.41 Å². The van der Waals surface area contributed by atoms with Gasteiger partial charge in [0, 0.05) is 17.5 Å². The highest BCUT2D eigenvalue weighted by atomic mass is 15.1. The van der Waals surface area contributed by atoms with Gasteiger partial charge in [0.2, 0.25) is 0 Å². The summed E-state index contributed by atoms with van der Waals surface area (Å²) in [5.74, 6) is 1.79. The van der Waals surface area contributed by atoms with Gasteiger partial charge in [-0.25, -0.2) is 4.98 Å². The zero-order chi connectivity index (χ0) is 11.9. The predicted octanol–water partition coefficient (Wildman–Crippen LogP) is 3.80.